The van der Waals surface area contributed by atoms with E-state index < -0.39 is 5.54 Å². The molecule has 5 nitrogen and oxygen atoms in total. The van der Waals surface area contributed by atoms with E-state index in [1.54, 1.807) is 0 Å². The second-order valence-electron chi connectivity index (χ2n) is 5.17. The van der Waals surface area contributed by atoms with E-state index in [0.29, 0.717) is 12.5 Å². The number of carbonyl (C=O) groups excluding carboxylic acids is 2. The van der Waals surface area contributed by atoms with Crippen LogP contribution in [-0.4, -0.2) is 48.4 Å². The van der Waals surface area contributed by atoms with Crippen molar-refractivity contribution in [3.63, 3.8) is 0 Å². The highest BCUT2D eigenvalue weighted by Crippen LogP contribution is 2.20. The Kier molecular flexibility index (Phi) is 2.99. The van der Waals surface area contributed by atoms with Crippen molar-refractivity contribution in [1.29, 1.82) is 0 Å². The number of piperazine rings is 1. The molecule has 2 fully saturated rings. The van der Waals surface area contributed by atoms with Gasteiger partial charge in [-0.2, -0.15) is 0 Å². The largest absolute Gasteiger partial charge is 0.316 e. The number of nitrogens with zero attached hydrogens (tertiary/aromatic N) is 1. The zero-order valence-corrected chi connectivity index (χ0v) is 9.88. The van der Waals surface area contributed by atoms with E-state index in [1.165, 1.54) is 0 Å². The number of hydrogen-bond acceptors (Lipinski definition) is 4. The van der Waals surface area contributed by atoms with Crippen LogP contribution >= 0.6 is 0 Å². The molecular formula is C11H19N3O2. The summed E-state index contributed by atoms with van der Waals surface area (Å²) in [6.45, 7) is 7.02. The lowest BCUT2D eigenvalue weighted by atomic mass is 9.95. The van der Waals surface area contributed by atoms with Gasteiger partial charge in [-0.15, -0.1) is 0 Å². The molecule has 0 aromatic carbocycles. The summed E-state index contributed by atoms with van der Waals surface area (Å²) in [7, 11) is 0. The smallest absolute Gasteiger partial charge is 0.246 e. The maximum Gasteiger partial charge on any atom is 0.246 e. The van der Waals surface area contributed by atoms with Crippen molar-refractivity contribution in [3.8, 4) is 0 Å². The molecule has 0 aliphatic carbocycles. The summed E-state index contributed by atoms with van der Waals surface area (Å²) in [4.78, 5) is 25.0. The van der Waals surface area contributed by atoms with Crippen molar-refractivity contribution in [1.82, 2.24) is 15.5 Å². The van der Waals surface area contributed by atoms with Crippen LogP contribution in [-0.2, 0) is 9.59 Å². The van der Waals surface area contributed by atoms with Crippen LogP contribution in [0, 0.1) is 5.92 Å². The van der Waals surface area contributed by atoms with Crippen molar-refractivity contribution >= 4 is 11.8 Å². The quantitative estimate of drug-likeness (QED) is 0.626. The molecular weight excluding hydrogens is 206 g/mol. The summed E-state index contributed by atoms with van der Waals surface area (Å²) in [5, 5.41) is 5.61. The van der Waals surface area contributed by atoms with E-state index in [2.05, 4.69) is 10.6 Å². The predicted octanol–water partition coefficient (Wildman–Crippen LogP) is -0.667. The molecule has 2 heterocycles. The zero-order valence-electron chi connectivity index (χ0n) is 9.88. The molecule has 16 heavy (non-hydrogen) atoms. The third-order valence-corrected chi connectivity index (χ3v) is 3.61. The topological polar surface area (TPSA) is 61.4 Å². The van der Waals surface area contributed by atoms with Crippen LogP contribution in [0.1, 0.15) is 20.3 Å². The van der Waals surface area contributed by atoms with E-state index in [1.807, 2.05) is 18.7 Å². The first kappa shape index (κ1) is 11.5. The predicted molar refractivity (Wildman–Crippen MR) is 59.8 cm³/mol. The van der Waals surface area contributed by atoms with Gasteiger partial charge < -0.3 is 5.32 Å². The maximum absolute atomic E-state index is 11.7. The highest BCUT2D eigenvalue weighted by Gasteiger charge is 2.40. The van der Waals surface area contributed by atoms with Gasteiger partial charge in [-0.3, -0.25) is 19.8 Å². The molecule has 0 bridgehead atoms. The van der Waals surface area contributed by atoms with Crippen LogP contribution in [0.25, 0.3) is 0 Å². The molecule has 0 atom stereocenters. The molecule has 2 rings (SSSR count). The number of hydrogen-bond donors (Lipinski definition) is 2. The Morgan fingerprint density at radius 3 is 2.62 bits per heavy atom. The average molecular weight is 225 g/mol. The lowest BCUT2D eigenvalue weighted by Gasteiger charge is -2.41. The van der Waals surface area contributed by atoms with Crippen LogP contribution in [0.4, 0.5) is 0 Å². The summed E-state index contributed by atoms with van der Waals surface area (Å²) in [6, 6.07) is 0. The first-order chi connectivity index (χ1) is 7.50. The zero-order chi connectivity index (χ0) is 11.8. The molecule has 5 heteroatoms. The molecule has 0 aromatic rings. The van der Waals surface area contributed by atoms with Crippen LogP contribution in [0.3, 0.4) is 0 Å². The van der Waals surface area contributed by atoms with Crippen LogP contribution in [0.15, 0.2) is 0 Å². The third-order valence-electron chi connectivity index (χ3n) is 3.61. The van der Waals surface area contributed by atoms with Gasteiger partial charge in [0.25, 0.3) is 0 Å². The van der Waals surface area contributed by atoms with Crippen molar-refractivity contribution < 1.29 is 9.59 Å². The van der Waals surface area contributed by atoms with Crippen molar-refractivity contribution in [3.05, 3.63) is 0 Å². The van der Waals surface area contributed by atoms with E-state index in [9.17, 15) is 9.59 Å². The van der Waals surface area contributed by atoms with E-state index >= 15 is 0 Å². The van der Waals surface area contributed by atoms with Gasteiger partial charge in [-0.25, -0.2) is 0 Å². The summed E-state index contributed by atoms with van der Waals surface area (Å²) < 4.78 is 0. The van der Waals surface area contributed by atoms with Gasteiger partial charge in [0.1, 0.15) is 0 Å². The molecule has 2 aliphatic heterocycles. The first-order valence-corrected chi connectivity index (χ1v) is 5.80. The average Bonchev–Trinajstić information content (AvgIpc) is 2.11. The highest BCUT2D eigenvalue weighted by molar-refractivity contribution is 6.02. The Balaban J connectivity index is 1.93. The Bertz CT molecular complexity index is 310. The van der Waals surface area contributed by atoms with Gasteiger partial charge in [0.2, 0.25) is 11.8 Å². The maximum atomic E-state index is 11.7. The molecule has 0 aromatic heterocycles. The molecule has 2 aliphatic rings. The minimum absolute atomic E-state index is 0.184. The summed E-state index contributed by atoms with van der Waals surface area (Å²) in [5.74, 6) is 0.336. The minimum Gasteiger partial charge on any atom is -0.316 e. The van der Waals surface area contributed by atoms with Crippen molar-refractivity contribution in [2.45, 2.75) is 25.8 Å². The van der Waals surface area contributed by atoms with Gasteiger partial charge in [0, 0.05) is 6.54 Å². The van der Waals surface area contributed by atoms with Crippen molar-refractivity contribution in [2.24, 2.45) is 5.92 Å². The Labute approximate surface area is 95.6 Å². The third kappa shape index (κ3) is 2.10. The Morgan fingerprint density at radius 1 is 1.38 bits per heavy atom. The second kappa shape index (κ2) is 4.14. The van der Waals surface area contributed by atoms with E-state index in [-0.39, 0.29) is 11.8 Å². The molecule has 0 unspecified atom stereocenters. The highest BCUT2D eigenvalue weighted by atomic mass is 16.2. The fraction of sp³-hybridized carbons (Fsp3) is 0.818. The monoisotopic (exact) mass is 225 g/mol. The normalized spacial score (nSPS) is 26.4. The van der Waals surface area contributed by atoms with Gasteiger partial charge in [0.15, 0.2) is 0 Å². The lowest BCUT2D eigenvalue weighted by Crippen LogP contribution is -2.64. The molecule has 2 amide bonds. The molecule has 2 saturated heterocycles. The van der Waals surface area contributed by atoms with E-state index in [0.717, 1.165) is 26.1 Å². The minimum atomic E-state index is -0.564. The van der Waals surface area contributed by atoms with Crippen LogP contribution < -0.4 is 10.6 Å². The summed E-state index contributed by atoms with van der Waals surface area (Å²) in [6.07, 6.45) is 1.05. The first-order valence-electron chi connectivity index (χ1n) is 5.80. The molecule has 0 spiro atoms. The molecule has 0 radical (unpaired) electrons. The van der Waals surface area contributed by atoms with Crippen LogP contribution in [0.2, 0.25) is 0 Å². The molecule has 2 N–H and O–H groups in total. The Morgan fingerprint density at radius 2 is 2.06 bits per heavy atom. The number of nitrogens with one attached hydrogen (secondary N) is 2. The van der Waals surface area contributed by atoms with Crippen LogP contribution in [0.5, 0.6) is 0 Å². The standard InChI is InChI=1S/C11H19N3O2/c1-11(2)10(16)13-9(15)7-14(11)4-3-8-5-12-6-8/h8,12H,3-7H2,1-2H3,(H,13,15,16). The lowest BCUT2D eigenvalue weighted by molar-refractivity contribution is -0.145. The number of amides is 2. The number of imide groups is 1. The van der Waals surface area contributed by atoms with Crippen molar-refractivity contribution in [2.75, 3.05) is 26.2 Å². The number of carbonyl (C=O) groups is 2. The fourth-order valence-corrected chi connectivity index (χ4v) is 2.08. The number of rotatable bonds is 3. The van der Waals surface area contributed by atoms with Gasteiger partial charge in [-0.05, 0) is 39.3 Å². The Hall–Kier alpha value is -0.940. The van der Waals surface area contributed by atoms with Gasteiger partial charge in [-0.1, -0.05) is 0 Å². The fourth-order valence-electron chi connectivity index (χ4n) is 2.08. The van der Waals surface area contributed by atoms with E-state index in [4.69, 9.17) is 0 Å². The molecule has 90 valence electrons. The second-order valence-corrected chi connectivity index (χ2v) is 5.17. The van der Waals surface area contributed by atoms with Gasteiger partial charge in [0.05, 0.1) is 12.1 Å². The molecule has 0 saturated carbocycles. The van der Waals surface area contributed by atoms with Gasteiger partial charge >= 0.3 is 0 Å². The summed E-state index contributed by atoms with van der Waals surface area (Å²) >= 11 is 0. The SMILES string of the molecule is CC1(C)C(=O)NC(=O)CN1CCC1CNC1. The summed E-state index contributed by atoms with van der Waals surface area (Å²) in [5.41, 5.74) is -0.564.